The lowest BCUT2D eigenvalue weighted by molar-refractivity contribution is -0.145. The Labute approximate surface area is 162 Å². The van der Waals surface area contributed by atoms with E-state index in [1.165, 1.54) is 6.07 Å². The van der Waals surface area contributed by atoms with E-state index < -0.39 is 12.0 Å². The van der Waals surface area contributed by atoms with Gasteiger partial charge in [0, 0.05) is 24.9 Å². The second kappa shape index (κ2) is 6.77. The maximum Gasteiger partial charge on any atom is 0.451 e. The fraction of sp³-hybridized carbons (Fsp3) is 0.150. The number of halogens is 3. The van der Waals surface area contributed by atoms with Crippen LogP contribution in [0.3, 0.4) is 0 Å². The number of hydrogen-bond acceptors (Lipinski definition) is 4. The van der Waals surface area contributed by atoms with Crippen LogP contribution in [0.1, 0.15) is 11.4 Å². The summed E-state index contributed by atoms with van der Waals surface area (Å²) in [7, 11) is 1.69. The third-order valence-corrected chi connectivity index (χ3v) is 4.42. The molecule has 0 bridgehead atoms. The van der Waals surface area contributed by atoms with Gasteiger partial charge in [0.25, 0.3) is 5.56 Å². The lowest BCUT2D eigenvalue weighted by atomic mass is 10.0. The van der Waals surface area contributed by atoms with Crippen LogP contribution in [0.4, 0.5) is 13.2 Å². The van der Waals surface area contributed by atoms with Gasteiger partial charge in [0.05, 0.1) is 23.4 Å². The highest BCUT2D eigenvalue weighted by molar-refractivity contribution is 5.93. The summed E-state index contributed by atoms with van der Waals surface area (Å²) in [6.45, 7) is 1.87. The minimum absolute atomic E-state index is 0.0841. The summed E-state index contributed by atoms with van der Waals surface area (Å²) in [5, 5.41) is 0. The average molecular weight is 400 g/mol. The molecule has 0 radical (unpaired) electrons. The molecule has 0 spiro atoms. The molecule has 0 aliphatic rings. The Morgan fingerprint density at radius 3 is 2.48 bits per heavy atom. The van der Waals surface area contributed by atoms with Crippen LogP contribution in [-0.4, -0.2) is 19.5 Å². The van der Waals surface area contributed by atoms with Gasteiger partial charge in [-0.05, 0) is 36.2 Å². The van der Waals surface area contributed by atoms with Gasteiger partial charge in [0.2, 0.25) is 5.82 Å². The van der Waals surface area contributed by atoms with E-state index in [1.54, 1.807) is 36.0 Å². The van der Waals surface area contributed by atoms with Gasteiger partial charge in [-0.2, -0.15) is 13.2 Å². The Morgan fingerprint density at radius 1 is 1.07 bits per heavy atom. The van der Waals surface area contributed by atoms with Crippen molar-refractivity contribution in [1.29, 1.82) is 0 Å². The van der Waals surface area contributed by atoms with Crippen LogP contribution in [0.15, 0.2) is 53.7 Å². The molecule has 0 saturated heterocycles. The van der Waals surface area contributed by atoms with Crippen molar-refractivity contribution >= 4 is 11.0 Å². The molecule has 0 aliphatic carbocycles. The van der Waals surface area contributed by atoms with Gasteiger partial charge in [-0.3, -0.25) is 4.79 Å². The van der Waals surface area contributed by atoms with Gasteiger partial charge >= 0.3 is 6.18 Å². The van der Waals surface area contributed by atoms with Crippen molar-refractivity contribution in [3.8, 4) is 22.6 Å². The Balaban J connectivity index is 1.72. The zero-order valence-electron chi connectivity index (χ0n) is 15.4. The molecular weight excluding hydrogens is 385 g/mol. The molecule has 0 atom stereocenters. The lowest BCUT2D eigenvalue weighted by Crippen LogP contribution is -2.14. The highest BCUT2D eigenvalue weighted by Crippen LogP contribution is 2.33. The largest absolute Gasteiger partial charge is 0.454 e. The monoisotopic (exact) mass is 400 g/mol. The predicted molar refractivity (Wildman–Crippen MR) is 101 cm³/mol. The van der Waals surface area contributed by atoms with Crippen LogP contribution in [-0.2, 0) is 13.2 Å². The number of aryl methyl sites for hydroxylation is 2. The number of alkyl halides is 3. The number of hydrogen-bond donors (Lipinski definition) is 1. The van der Waals surface area contributed by atoms with Crippen molar-refractivity contribution in [3.63, 3.8) is 0 Å². The molecule has 4 aromatic rings. The van der Waals surface area contributed by atoms with Gasteiger partial charge in [-0.25, -0.2) is 9.97 Å². The average Bonchev–Trinajstić information content (AvgIpc) is 3.09. The Kier molecular flexibility index (Phi) is 4.37. The molecule has 0 saturated carbocycles. The zero-order chi connectivity index (χ0) is 20.8. The highest BCUT2D eigenvalue weighted by atomic mass is 19.4. The van der Waals surface area contributed by atoms with Gasteiger partial charge < -0.3 is 14.3 Å². The standard InChI is InChI=1S/C20H15F3N4O2/c1-11-5-12(15-10-24-16-3-4-17(28)27(2)18(15)16)7-13(6-11)29-14-8-25-19(26-9-14)20(21,22)23/h3-10,24H,1-2H3. The number of nitrogens with zero attached hydrogens (tertiary/aromatic N) is 3. The summed E-state index contributed by atoms with van der Waals surface area (Å²) < 4.78 is 45.0. The summed E-state index contributed by atoms with van der Waals surface area (Å²) in [6.07, 6.45) is -0.856. The van der Waals surface area contributed by atoms with E-state index >= 15 is 0 Å². The topological polar surface area (TPSA) is 72.8 Å². The molecule has 9 heteroatoms. The van der Waals surface area contributed by atoms with Gasteiger partial charge in [-0.1, -0.05) is 6.07 Å². The molecular formula is C20H15F3N4O2. The Bertz CT molecular complexity index is 1260. The molecule has 29 heavy (non-hydrogen) atoms. The SMILES string of the molecule is Cc1cc(Oc2cnc(C(F)(F)F)nc2)cc(-c2c[nH]c3ccc(=O)n(C)c23)c1. The van der Waals surface area contributed by atoms with E-state index in [2.05, 4.69) is 15.0 Å². The van der Waals surface area contributed by atoms with Gasteiger partial charge in [-0.15, -0.1) is 0 Å². The zero-order valence-corrected chi connectivity index (χ0v) is 15.4. The molecule has 1 N–H and O–H groups in total. The fourth-order valence-corrected chi connectivity index (χ4v) is 3.13. The lowest BCUT2D eigenvalue weighted by Gasteiger charge is -2.10. The van der Waals surface area contributed by atoms with Crippen LogP contribution in [0, 0.1) is 6.92 Å². The van der Waals surface area contributed by atoms with E-state index in [0.717, 1.165) is 40.1 Å². The molecule has 6 nitrogen and oxygen atoms in total. The first kappa shape index (κ1) is 18.7. The van der Waals surface area contributed by atoms with Crippen molar-refractivity contribution in [2.75, 3.05) is 0 Å². The highest BCUT2D eigenvalue weighted by Gasteiger charge is 2.34. The van der Waals surface area contributed by atoms with E-state index in [0.29, 0.717) is 5.75 Å². The van der Waals surface area contributed by atoms with E-state index in [9.17, 15) is 18.0 Å². The van der Waals surface area contributed by atoms with Crippen LogP contribution in [0.2, 0.25) is 0 Å². The molecule has 3 aromatic heterocycles. The third-order valence-electron chi connectivity index (χ3n) is 4.42. The maximum atomic E-state index is 12.6. The van der Waals surface area contributed by atoms with Crippen molar-refractivity contribution in [3.05, 3.63) is 70.7 Å². The fourth-order valence-electron chi connectivity index (χ4n) is 3.13. The number of H-pyrrole nitrogens is 1. The first-order valence-electron chi connectivity index (χ1n) is 8.58. The minimum Gasteiger partial charge on any atom is -0.454 e. The van der Waals surface area contributed by atoms with Crippen LogP contribution in [0.25, 0.3) is 22.2 Å². The van der Waals surface area contributed by atoms with Gasteiger partial charge in [0.1, 0.15) is 5.75 Å². The number of rotatable bonds is 3. The first-order chi connectivity index (χ1) is 13.7. The Morgan fingerprint density at radius 2 is 1.79 bits per heavy atom. The normalized spacial score (nSPS) is 11.8. The number of ether oxygens (including phenoxy) is 1. The summed E-state index contributed by atoms with van der Waals surface area (Å²) in [5.41, 5.74) is 3.89. The van der Waals surface area contributed by atoms with Crippen LogP contribution >= 0.6 is 0 Å². The smallest absolute Gasteiger partial charge is 0.451 e. The van der Waals surface area contributed by atoms with E-state index in [-0.39, 0.29) is 11.3 Å². The molecule has 0 aliphatic heterocycles. The summed E-state index contributed by atoms with van der Waals surface area (Å²) in [6, 6.07) is 8.61. The van der Waals surface area contributed by atoms with Gasteiger partial charge in [0.15, 0.2) is 5.75 Å². The summed E-state index contributed by atoms with van der Waals surface area (Å²) in [4.78, 5) is 21.8. The molecule has 0 unspecified atom stereocenters. The molecule has 148 valence electrons. The number of fused-ring (bicyclic) bond motifs is 1. The predicted octanol–water partition coefficient (Wildman–Crippen LogP) is 4.44. The number of benzene rings is 1. The van der Waals surface area contributed by atoms with Crippen molar-refractivity contribution < 1.29 is 17.9 Å². The van der Waals surface area contributed by atoms with Crippen LogP contribution < -0.4 is 10.3 Å². The summed E-state index contributed by atoms with van der Waals surface area (Å²) in [5.74, 6) is -0.728. The van der Waals surface area contributed by atoms with Crippen LogP contribution in [0.5, 0.6) is 11.5 Å². The molecule has 0 fully saturated rings. The second-order valence-electron chi connectivity index (χ2n) is 6.57. The molecule has 0 amide bonds. The van der Waals surface area contributed by atoms with Crippen molar-refractivity contribution in [1.82, 2.24) is 19.5 Å². The maximum absolute atomic E-state index is 12.6. The number of aromatic amines is 1. The van der Waals surface area contributed by atoms with Crippen molar-refractivity contribution in [2.24, 2.45) is 7.05 Å². The summed E-state index contributed by atoms with van der Waals surface area (Å²) >= 11 is 0. The van der Waals surface area contributed by atoms with Crippen molar-refractivity contribution in [2.45, 2.75) is 13.1 Å². The number of pyridine rings is 1. The first-order valence-corrected chi connectivity index (χ1v) is 8.58. The van der Waals surface area contributed by atoms with E-state index in [1.807, 2.05) is 13.0 Å². The minimum atomic E-state index is -4.61. The number of aromatic nitrogens is 4. The third kappa shape index (κ3) is 3.58. The quantitative estimate of drug-likeness (QED) is 0.552. The Hall–Kier alpha value is -3.62. The second-order valence-corrected chi connectivity index (χ2v) is 6.57. The number of nitrogens with one attached hydrogen (secondary N) is 1. The molecule has 1 aromatic carbocycles. The molecule has 4 rings (SSSR count). The molecule has 3 heterocycles. The van der Waals surface area contributed by atoms with E-state index in [4.69, 9.17) is 4.74 Å².